The molecule has 4 N–H and O–H groups in total. The fourth-order valence-electron chi connectivity index (χ4n) is 1.66. The normalized spacial score (nSPS) is 12.8. The van der Waals surface area contributed by atoms with E-state index in [0.29, 0.717) is 11.3 Å². The van der Waals surface area contributed by atoms with Gasteiger partial charge in [-0.3, -0.25) is 10.1 Å². The van der Waals surface area contributed by atoms with Crippen molar-refractivity contribution < 1.29 is 31.9 Å². The number of nitrogens with two attached hydrogens (primary N) is 1. The summed E-state index contributed by atoms with van der Waals surface area (Å²) in [5.41, 5.74) is 5.72. The predicted octanol–water partition coefficient (Wildman–Crippen LogP) is 2.10. The first-order valence-electron chi connectivity index (χ1n) is 6.81. The molecule has 0 saturated carbocycles. The SMILES string of the molecule is CC(Nc1cccc(COCC(F)(F)C(F)F)c1)C(=O)NC(N)=O. The van der Waals surface area contributed by atoms with E-state index < -0.39 is 36.9 Å². The summed E-state index contributed by atoms with van der Waals surface area (Å²) in [7, 11) is 0. The van der Waals surface area contributed by atoms with Gasteiger partial charge in [-0.2, -0.15) is 8.78 Å². The molecule has 24 heavy (non-hydrogen) atoms. The number of rotatable bonds is 8. The number of hydrogen-bond acceptors (Lipinski definition) is 4. The number of anilines is 1. The molecule has 0 heterocycles. The Morgan fingerprint density at radius 2 is 2.00 bits per heavy atom. The maximum atomic E-state index is 12.7. The number of ether oxygens (including phenoxy) is 1. The van der Waals surface area contributed by atoms with E-state index in [1.165, 1.54) is 13.0 Å². The molecule has 1 aromatic rings. The van der Waals surface area contributed by atoms with Crippen LogP contribution in [0.1, 0.15) is 12.5 Å². The molecular formula is C14H17F4N3O3. The molecule has 0 spiro atoms. The first-order chi connectivity index (χ1) is 11.1. The van der Waals surface area contributed by atoms with Crippen molar-refractivity contribution in [3.8, 4) is 0 Å². The van der Waals surface area contributed by atoms with Gasteiger partial charge in [-0.05, 0) is 24.6 Å². The quantitative estimate of drug-likeness (QED) is 0.625. The minimum Gasteiger partial charge on any atom is -0.374 e. The van der Waals surface area contributed by atoms with E-state index in [4.69, 9.17) is 5.73 Å². The first kappa shape index (κ1) is 19.7. The number of primary amides is 1. The Kier molecular flexibility index (Phi) is 6.96. The topological polar surface area (TPSA) is 93.4 Å². The number of halogens is 4. The molecule has 0 aromatic heterocycles. The van der Waals surface area contributed by atoms with Gasteiger partial charge < -0.3 is 15.8 Å². The number of carbonyl (C=O) groups excluding carboxylic acids is 2. The molecule has 0 bridgehead atoms. The van der Waals surface area contributed by atoms with E-state index in [9.17, 15) is 27.2 Å². The third-order valence-corrected chi connectivity index (χ3v) is 2.83. The monoisotopic (exact) mass is 351 g/mol. The zero-order valence-electron chi connectivity index (χ0n) is 12.7. The molecule has 0 radical (unpaired) electrons. The summed E-state index contributed by atoms with van der Waals surface area (Å²) < 4.78 is 54.1. The minimum atomic E-state index is -4.21. The molecule has 0 saturated heterocycles. The molecule has 1 aromatic carbocycles. The third-order valence-electron chi connectivity index (χ3n) is 2.83. The van der Waals surface area contributed by atoms with Crippen LogP contribution in [0.25, 0.3) is 0 Å². The van der Waals surface area contributed by atoms with Gasteiger partial charge in [0.2, 0.25) is 5.91 Å². The summed E-state index contributed by atoms with van der Waals surface area (Å²) >= 11 is 0. The average Bonchev–Trinajstić information content (AvgIpc) is 2.46. The standard InChI is InChI=1S/C14H17F4N3O3/c1-8(11(22)21-13(19)23)20-10-4-2-3-9(5-10)6-24-7-14(17,18)12(15)16/h2-5,8,12,20H,6-7H2,1H3,(H3,19,21,22,23). The van der Waals surface area contributed by atoms with Crippen molar-refractivity contribution in [2.45, 2.75) is 31.9 Å². The van der Waals surface area contributed by atoms with Crippen molar-refractivity contribution >= 4 is 17.6 Å². The molecule has 1 rings (SSSR count). The predicted molar refractivity (Wildman–Crippen MR) is 77.9 cm³/mol. The van der Waals surface area contributed by atoms with Gasteiger partial charge in [-0.1, -0.05) is 12.1 Å². The van der Waals surface area contributed by atoms with Gasteiger partial charge in [0.05, 0.1) is 6.61 Å². The Labute approximate surface area is 135 Å². The highest BCUT2D eigenvalue weighted by atomic mass is 19.3. The minimum absolute atomic E-state index is 0.306. The number of benzene rings is 1. The highest BCUT2D eigenvalue weighted by Crippen LogP contribution is 2.23. The lowest BCUT2D eigenvalue weighted by Crippen LogP contribution is -2.43. The number of alkyl halides is 4. The van der Waals surface area contributed by atoms with Gasteiger partial charge in [-0.25, -0.2) is 13.6 Å². The van der Waals surface area contributed by atoms with Gasteiger partial charge in [0.1, 0.15) is 12.6 Å². The number of urea groups is 1. The Morgan fingerprint density at radius 1 is 1.33 bits per heavy atom. The van der Waals surface area contributed by atoms with Crippen molar-refractivity contribution in [1.29, 1.82) is 0 Å². The molecule has 1 atom stereocenters. The summed E-state index contributed by atoms with van der Waals surface area (Å²) in [6.07, 6.45) is -3.80. The average molecular weight is 351 g/mol. The van der Waals surface area contributed by atoms with E-state index in [-0.39, 0.29) is 6.61 Å². The van der Waals surface area contributed by atoms with E-state index in [2.05, 4.69) is 10.1 Å². The molecule has 134 valence electrons. The Bertz CT molecular complexity index is 584. The maximum absolute atomic E-state index is 12.7. The van der Waals surface area contributed by atoms with Gasteiger partial charge in [0.15, 0.2) is 0 Å². The second-order valence-corrected chi connectivity index (χ2v) is 4.97. The van der Waals surface area contributed by atoms with Crippen LogP contribution in [0, 0.1) is 0 Å². The second-order valence-electron chi connectivity index (χ2n) is 4.97. The number of carbonyl (C=O) groups is 2. The number of imide groups is 1. The van der Waals surface area contributed by atoms with Crippen molar-refractivity contribution in [2.24, 2.45) is 5.73 Å². The largest absolute Gasteiger partial charge is 0.374 e. The Morgan fingerprint density at radius 3 is 2.58 bits per heavy atom. The summed E-state index contributed by atoms with van der Waals surface area (Å²) in [5.74, 6) is -4.86. The molecule has 0 aliphatic heterocycles. The zero-order valence-corrected chi connectivity index (χ0v) is 12.7. The number of hydrogen-bond donors (Lipinski definition) is 3. The van der Waals surface area contributed by atoms with Crippen molar-refractivity contribution in [3.05, 3.63) is 29.8 Å². The van der Waals surface area contributed by atoms with Gasteiger partial charge in [-0.15, -0.1) is 0 Å². The van der Waals surface area contributed by atoms with E-state index in [0.717, 1.165) is 0 Å². The lowest BCUT2D eigenvalue weighted by atomic mass is 10.2. The van der Waals surface area contributed by atoms with Gasteiger partial charge in [0.25, 0.3) is 0 Å². The van der Waals surface area contributed by atoms with E-state index in [1.54, 1.807) is 18.2 Å². The molecule has 0 fully saturated rings. The van der Waals surface area contributed by atoms with Crippen LogP contribution in [0.5, 0.6) is 0 Å². The lowest BCUT2D eigenvalue weighted by molar-refractivity contribution is -0.168. The molecule has 0 aliphatic carbocycles. The van der Waals surface area contributed by atoms with Crippen LogP contribution in [0.3, 0.4) is 0 Å². The molecular weight excluding hydrogens is 334 g/mol. The summed E-state index contributed by atoms with van der Waals surface area (Å²) in [4.78, 5) is 22.1. The highest BCUT2D eigenvalue weighted by Gasteiger charge is 2.40. The third kappa shape index (κ3) is 6.41. The van der Waals surface area contributed by atoms with Crippen LogP contribution in [-0.4, -0.2) is 36.9 Å². The lowest BCUT2D eigenvalue weighted by Gasteiger charge is -2.16. The molecule has 1 unspecified atom stereocenters. The van der Waals surface area contributed by atoms with Crippen LogP contribution in [0.4, 0.5) is 28.0 Å². The summed E-state index contributed by atoms with van der Waals surface area (Å²) in [6, 6.07) is 4.40. The van der Waals surface area contributed by atoms with Crippen molar-refractivity contribution in [3.63, 3.8) is 0 Å². The van der Waals surface area contributed by atoms with Crippen LogP contribution >= 0.6 is 0 Å². The van der Waals surface area contributed by atoms with Crippen molar-refractivity contribution in [1.82, 2.24) is 5.32 Å². The molecule has 6 nitrogen and oxygen atoms in total. The number of amides is 3. The van der Waals surface area contributed by atoms with Gasteiger partial charge in [0, 0.05) is 5.69 Å². The van der Waals surface area contributed by atoms with Crippen molar-refractivity contribution in [2.75, 3.05) is 11.9 Å². The second kappa shape index (κ2) is 8.48. The summed E-state index contributed by atoms with van der Waals surface area (Å²) in [5, 5.41) is 4.67. The van der Waals surface area contributed by atoms with Crippen LogP contribution < -0.4 is 16.4 Å². The molecule has 0 aliphatic rings. The van der Waals surface area contributed by atoms with E-state index >= 15 is 0 Å². The smallest absolute Gasteiger partial charge is 0.330 e. The molecule has 3 amide bonds. The first-order valence-corrected chi connectivity index (χ1v) is 6.81. The maximum Gasteiger partial charge on any atom is 0.330 e. The number of nitrogens with one attached hydrogen (secondary N) is 2. The zero-order chi connectivity index (χ0) is 18.3. The fourth-order valence-corrected chi connectivity index (χ4v) is 1.66. The highest BCUT2D eigenvalue weighted by molar-refractivity contribution is 5.97. The van der Waals surface area contributed by atoms with Crippen LogP contribution in [0.15, 0.2) is 24.3 Å². The van der Waals surface area contributed by atoms with Crippen LogP contribution in [0.2, 0.25) is 0 Å². The van der Waals surface area contributed by atoms with E-state index in [1.807, 2.05) is 5.32 Å². The Balaban J connectivity index is 2.58. The van der Waals surface area contributed by atoms with Gasteiger partial charge >= 0.3 is 18.4 Å². The molecule has 10 heteroatoms. The Hall–Kier alpha value is -2.36. The summed E-state index contributed by atoms with van der Waals surface area (Å²) in [6.45, 7) is -0.232. The van der Waals surface area contributed by atoms with Crippen LogP contribution in [-0.2, 0) is 16.1 Å². The fraction of sp³-hybridized carbons (Fsp3) is 0.429.